The standard InChI is InChI=1S/C20H38O10S2.2Na/c1-3-5-7-9-11-13-17(31(23,24)25)19(21)29-15-16-30-20(22)18(32(26,27)28)14-12-10-8-6-4-2;;/h17-18H,3-16H2,1-2H3,(H,23,24,25)(H,26,27,28);;/q;2*+1/p-2. The average Bonchev–Trinajstić information content (AvgIpc) is 2.68. The maximum absolute atomic E-state index is 12.0. The fourth-order valence-corrected chi connectivity index (χ4v) is 4.62. The van der Waals surface area contributed by atoms with Gasteiger partial charge in [-0.15, -0.1) is 0 Å². The molecule has 0 aliphatic heterocycles. The Morgan fingerprint density at radius 3 is 1.18 bits per heavy atom. The minimum Gasteiger partial charge on any atom is -0.747 e. The van der Waals surface area contributed by atoms with Crippen LogP contribution in [0.2, 0.25) is 0 Å². The molecule has 0 aromatic heterocycles. The van der Waals surface area contributed by atoms with E-state index < -0.39 is 55.9 Å². The zero-order chi connectivity index (χ0) is 24.6. The van der Waals surface area contributed by atoms with Crippen LogP contribution in [0.15, 0.2) is 0 Å². The molecule has 0 radical (unpaired) electrons. The Labute approximate surface area is 248 Å². The predicted octanol–water partition coefficient (Wildman–Crippen LogP) is -3.37. The summed E-state index contributed by atoms with van der Waals surface area (Å²) in [5, 5.41) is -3.70. The molecule has 0 aliphatic carbocycles. The molecule has 14 heteroatoms. The van der Waals surface area contributed by atoms with Gasteiger partial charge in [0.05, 0.1) is 0 Å². The van der Waals surface area contributed by atoms with E-state index in [1.807, 2.05) is 13.8 Å². The van der Waals surface area contributed by atoms with Crippen molar-refractivity contribution in [3.63, 3.8) is 0 Å². The van der Waals surface area contributed by atoms with Gasteiger partial charge in [0.2, 0.25) is 0 Å². The van der Waals surface area contributed by atoms with Crippen LogP contribution in [0.25, 0.3) is 0 Å². The second kappa shape index (κ2) is 21.8. The molecule has 0 spiro atoms. The number of rotatable bonds is 19. The Hall–Kier alpha value is 0.760. The van der Waals surface area contributed by atoms with Crippen LogP contribution in [-0.4, -0.2) is 61.6 Å². The van der Waals surface area contributed by atoms with Gasteiger partial charge in [0.25, 0.3) is 0 Å². The minimum absolute atomic E-state index is 0. The number of hydrogen-bond donors (Lipinski definition) is 0. The zero-order valence-corrected chi connectivity index (χ0v) is 26.6. The molecule has 0 saturated carbocycles. The van der Waals surface area contributed by atoms with Gasteiger partial charge in [-0.1, -0.05) is 78.1 Å². The Morgan fingerprint density at radius 1 is 0.618 bits per heavy atom. The van der Waals surface area contributed by atoms with Crippen LogP contribution in [0, 0.1) is 0 Å². The molecule has 190 valence electrons. The van der Waals surface area contributed by atoms with Gasteiger partial charge in [-0.3, -0.25) is 9.59 Å². The van der Waals surface area contributed by atoms with Crippen LogP contribution in [0.5, 0.6) is 0 Å². The number of hydrogen-bond acceptors (Lipinski definition) is 10. The van der Waals surface area contributed by atoms with Crippen LogP contribution in [0.3, 0.4) is 0 Å². The number of carbonyl (C=O) groups excluding carboxylic acids is 2. The molecular formula is C20H36Na2O10S2. The molecule has 0 aromatic rings. The average molecular weight is 547 g/mol. The molecule has 0 amide bonds. The molecule has 0 fully saturated rings. The molecule has 2 unspecified atom stereocenters. The van der Waals surface area contributed by atoms with E-state index in [1.165, 1.54) is 0 Å². The van der Waals surface area contributed by atoms with Gasteiger partial charge in [0.15, 0.2) is 0 Å². The van der Waals surface area contributed by atoms with Crippen molar-refractivity contribution in [1.82, 2.24) is 0 Å². The van der Waals surface area contributed by atoms with Gasteiger partial charge in [-0.05, 0) is 12.8 Å². The Bertz CT molecular complexity index is 693. The van der Waals surface area contributed by atoms with E-state index in [9.17, 15) is 35.5 Å². The quantitative estimate of drug-likeness (QED) is 0.0690. The zero-order valence-electron chi connectivity index (χ0n) is 21.0. The van der Waals surface area contributed by atoms with Crippen molar-refractivity contribution in [2.45, 2.75) is 101 Å². The normalized spacial score (nSPS) is 13.2. The summed E-state index contributed by atoms with van der Waals surface area (Å²) >= 11 is 0. The second-order valence-corrected chi connectivity index (χ2v) is 10.8. The van der Waals surface area contributed by atoms with Gasteiger partial charge >= 0.3 is 71.1 Å². The molecule has 0 saturated heterocycles. The maximum Gasteiger partial charge on any atom is 1.00 e. The SMILES string of the molecule is CCCCCCCC(C(=O)OCCOC(=O)C(CCCCCCC)S(=O)(=O)[O-])S(=O)(=O)[O-].[Na+].[Na+]. The third-order valence-corrected chi connectivity index (χ3v) is 7.18. The monoisotopic (exact) mass is 546 g/mol. The van der Waals surface area contributed by atoms with E-state index in [0.717, 1.165) is 38.5 Å². The van der Waals surface area contributed by atoms with E-state index >= 15 is 0 Å². The first-order chi connectivity index (χ1) is 14.9. The van der Waals surface area contributed by atoms with Gasteiger partial charge in [0.1, 0.15) is 43.9 Å². The molecule has 0 aromatic carbocycles. The van der Waals surface area contributed by atoms with Crippen molar-refractivity contribution in [3.8, 4) is 0 Å². The summed E-state index contributed by atoms with van der Waals surface area (Å²) in [7, 11) is -9.83. The third kappa shape index (κ3) is 18.9. The van der Waals surface area contributed by atoms with Crippen molar-refractivity contribution >= 4 is 32.2 Å². The Kier molecular flexibility index (Phi) is 25.2. The number of carbonyl (C=O) groups is 2. The van der Waals surface area contributed by atoms with Crippen molar-refractivity contribution in [3.05, 3.63) is 0 Å². The fourth-order valence-electron chi connectivity index (χ4n) is 3.10. The summed E-state index contributed by atoms with van der Waals surface area (Å²) in [6, 6.07) is 0. The Morgan fingerprint density at radius 2 is 0.912 bits per heavy atom. The van der Waals surface area contributed by atoms with E-state index in [1.54, 1.807) is 0 Å². The van der Waals surface area contributed by atoms with Crippen LogP contribution in [-0.2, 0) is 39.3 Å². The molecule has 0 aliphatic rings. The summed E-state index contributed by atoms with van der Waals surface area (Å²) in [4.78, 5) is 24.0. The minimum atomic E-state index is -4.91. The summed E-state index contributed by atoms with van der Waals surface area (Å²) in [5.41, 5.74) is 0. The summed E-state index contributed by atoms with van der Waals surface area (Å²) in [5.74, 6) is -2.48. The molecule has 0 N–H and O–H groups in total. The van der Waals surface area contributed by atoms with Gasteiger partial charge < -0.3 is 18.6 Å². The van der Waals surface area contributed by atoms with Gasteiger partial charge in [0, 0.05) is 0 Å². The van der Waals surface area contributed by atoms with E-state index in [2.05, 4.69) is 0 Å². The fraction of sp³-hybridized carbons (Fsp3) is 0.900. The van der Waals surface area contributed by atoms with Crippen LogP contribution in [0.1, 0.15) is 90.9 Å². The second-order valence-electron chi connectivity index (χ2n) is 7.70. The maximum atomic E-state index is 12.0. The summed E-state index contributed by atoms with van der Waals surface area (Å²) in [6.45, 7) is 2.90. The first-order valence-electron chi connectivity index (χ1n) is 11.2. The van der Waals surface area contributed by atoms with Crippen molar-refractivity contribution < 1.29 is 104 Å². The van der Waals surface area contributed by atoms with Crippen LogP contribution in [0.4, 0.5) is 0 Å². The number of esters is 2. The molecular weight excluding hydrogens is 510 g/mol. The van der Waals surface area contributed by atoms with Crippen molar-refractivity contribution in [2.75, 3.05) is 13.2 Å². The topological polar surface area (TPSA) is 167 Å². The Balaban J connectivity index is -0.00000480. The van der Waals surface area contributed by atoms with E-state index in [-0.39, 0.29) is 72.0 Å². The molecule has 0 rings (SSSR count). The van der Waals surface area contributed by atoms with Crippen molar-refractivity contribution in [2.24, 2.45) is 0 Å². The number of unbranched alkanes of at least 4 members (excludes halogenated alkanes) is 8. The molecule has 0 bridgehead atoms. The predicted molar refractivity (Wildman–Crippen MR) is 116 cm³/mol. The summed E-state index contributed by atoms with van der Waals surface area (Å²) < 4.78 is 77.6. The first-order valence-corrected chi connectivity index (χ1v) is 14.1. The van der Waals surface area contributed by atoms with Crippen LogP contribution >= 0.6 is 0 Å². The molecule has 34 heavy (non-hydrogen) atoms. The van der Waals surface area contributed by atoms with E-state index in [0.29, 0.717) is 25.7 Å². The third-order valence-electron chi connectivity index (χ3n) is 4.93. The smallest absolute Gasteiger partial charge is 0.747 e. The number of ether oxygens (including phenoxy) is 2. The molecule has 2 atom stereocenters. The van der Waals surface area contributed by atoms with Gasteiger partial charge in [-0.2, -0.15) is 0 Å². The molecule has 10 nitrogen and oxygen atoms in total. The largest absolute Gasteiger partial charge is 1.00 e. The molecule has 0 heterocycles. The van der Waals surface area contributed by atoms with E-state index in [4.69, 9.17) is 9.47 Å². The van der Waals surface area contributed by atoms with Gasteiger partial charge in [-0.25, -0.2) is 16.8 Å². The van der Waals surface area contributed by atoms with Crippen molar-refractivity contribution in [1.29, 1.82) is 0 Å². The van der Waals surface area contributed by atoms with Crippen LogP contribution < -0.4 is 59.1 Å². The summed E-state index contributed by atoms with van der Waals surface area (Å²) in [6.07, 6.45) is 7.37. The first kappa shape index (κ1) is 39.3.